The minimum atomic E-state index is -0.0636. The van der Waals surface area contributed by atoms with E-state index in [9.17, 15) is 9.59 Å². The summed E-state index contributed by atoms with van der Waals surface area (Å²) in [7, 11) is 0. The molecule has 4 nitrogen and oxygen atoms in total. The van der Waals surface area contributed by atoms with Crippen molar-refractivity contribution in [1.82, 2.24) is 9.80 Å². The average molecular weight is 455 g/mol. The maximum atomic E-state index is 13.6. The molecule has 2 amide bonds. The Morgan fingerprint density at radius 1 is 1.03 bits per heavy atom. The first-order valence-electron chi connectivity index (χ1n) is 12.3. The molecule has 3 rings (SSSR count). The molecule has 174 valence electrons. The lowest BCUT2D eigenvalue weighted by atomic mass is 9.90. The van der Waals surface area contributed by atoms with Gasteiger partial charge in [0, 0.05) is 24.4 Å². The van der Waals surface area contributed by atoms with Crippen molar-refractivity contribution in [2.75, 3.05) is 19.6 Å². The van der Waals surface area contributed by atoms with Gasteiger partial charge in [0.25, 0.3) is 0 Å². The van der Waals surface area contributed by atoms with Gasteiger partial charge in [-0.3, -0.25) is 9.59 Å². The first-order valence-corrected chi connectivity index (χ1v) is 13.1. The van der Waals surface area contributed by atoms with Crippen LogP contribution in [0.3, 0.4) is 0 Å². The van der Waals surface area contributed by atoms with E-state index in [4.69, 9.17) is 0 Å². The molecular weight excluding hydrogens is 416 g/mol. The fourth-order valence-corrected chi connectivity index (χ4v) is 5.57. The van der Waals surface area contributed by atoms with Gasteiger partial charge < -0.3 is 9.80 Å². The Balaban J connectivity index is 1.73. The van der Waals surface area contributed by atoms with Crippen molar-refractivity contribution >= 4 is 23.2 Å². The molecule has 1 atom stereocenters. The van der Waals surface area contributed by atoms with Gasteiger partial charge in [0.1, 0.15) is 0 Å². The van der Waals surface area contributed by atoms with Gasteiger partial charge in [-0.25, -0.2) is 0 Å². The lowest BCUT2D eigenvalue weighted by molar-refractivity contribution is -0.141. The van der Waals surface area contributed by atoms with Crippen LogP contribution < -0.4 is 0 Å². The second-order valence-electron chi connectivity index (χ2n) is 8.87. The van der Waals surface area contributed by atoms with E-state index in [2.05, 4.69) is 50.4 Å². The number of hydrogen-bond donors (Lipinski definition) is 0. The third kappa shape index (κ3) is 6.00. The van der Waals surface area contributed by atoms with Crippen LogP contribution in [-0.4, -0.2) is 41.2 Å². The van der Waals surface area contributed by atoms with Crippen molar-refractivity contribution in [3.8, 4) is 0 Å². The fraction of sp³-hybridized carbons (Fsp3) is 0.556. The van der Waals surface area contributed by atoms with E-state index in [0.29, 0.717) is 19.5 Å². The number of thiophene rings is 1. The maximum absolute atomic E-state index is 13.6. The van der Waals surface area contributed by atoms with Crippen molar-refractivity contribution < 1.29 is 9.59 Å². The highest BCUT2D eigenvalue weighted by atomic mass is 32.1. The van der Waals surface area contributed by atoms with Gasteiger partial charge >= 0.3 is 0 Å². The minimum absolute atomic E-state index is 0.0582. The fourth-order valence-electron chi connectivity index (χ4n) is 4.67. The second-order valence-corrected chi connectivity index (χ2v) is 9.88. The predicted octanol–water partition coefficient (Wildman–Crippen LogP) is 6.13. The monoisotopic (exact) mass is 454 g/mol. The number of nitrogens with zero attached hydrogens (tertiary/aromatic N) is 2. The van der Waals surface area contributed by atoms with E-state index < -0.39 is 0 Å². The molecule has 1 aliphatic heterocycles. The first kappa shape index (κ1) is 24.5. The van der Waals surface area contributed by atoms with Crippen molar-refractivity contribution in [2.45, 2.75) is 78.2 Å². The van der Waals surface area contributed by atoms with E-state index >= 15 is 0 Å². The molecule has 0 N–H and O–H groups in total. The van der Waals surface area contributed by atoms with Crippen LogP contribution in [0.25, 0.3) is 0 Å². The van der Waals surface area contributed by atoms with Gasteiger partial charge in [-0.05, 0) is 54.3 Å². The van der Waals surface area contributed by atoms with E-state index in [1.165, 1.54) is 40.8 Å². The van der Waals surface area contributed by atoms with Crippen LogP contribution in [0.15, 0.2) is 35.7 Å². The van der Waals surface area contributed by atoms with Crippen LogP contribution in [0, 0.1) is 6.92 Å². The van der Waals surface area contributed by atoms with Crippen LogP contribution in [0.5, 0.6) is 0 Å². The zero-order chi connectivity index (χ0) is 22.9. The molecule has 0 radical (unpaired) electrons. The maximum Gasteiger partial charge on any atom is 0.242 e. The number of carbonyl (C=O) groups excluding carboxylic acids is 2. The molecule has 32 heavy (non-hydrogen) atoms. The molecule has 0 saturated heterocycles. The SMILES string of the molecule is CCCCCCCC(=O)N(CCC)CC(=O)N1CCc2sccc2C1c1ccccc1C. The first-order chi connectivity index (χ1) is 15.6. The molecule has 1 unspecified atom stereocenters. The summed E-state index contributed by atoms with van der Waals surface area (Å²) in [4.78, 5) is 31.6. The molecule has 1 aromatic heterocycles. The van der Waals surface area contributed by atoms with Crippen LogP contribution in [0.4, 0.5) is 0 Å². The smallest absolute Gasteiger partial charge is 0.242 e. The molecule has 0 aliphatic carbocycles. The molecule has 0 spiro atoms. The van der Waals surface area contributed by atoms with Crippen molar-refractivity contribution in [3.63, 3.8) is 0 Å². The number of aryl methyl sites for hydroxylation is 1. The topological polar surface area (TPSA) is 40.6 Å². The summed E-state index contributed by atoms with van der Waals surface area (Å²) in [5.74, 6) is 0.181. The largest absolute Gasteiger partial charge is 0.333 e. The Kier molecular flexibility index (Phi) is 9.34. The number of fused-ring (bicyclic) bond motifs is 1. The van der Waals surface area contributed by atoms with Gasteiger partial charge in [-0.15, -0.1) is 11.3 Å². The zero-order valence-corrected chi connectivity index (χ0v) is 20.8. The highest BCUT2D eigenvalue weighted by Gasteiger charge is 2.34. The van der Waals surface area contributed by atoms with Crippen LogP contribution in [0.1, 0.15) is 86.4 Å². The number of unbranched alkanes of at least 4 members (excludes halogenated alkanes) is 4. The summed E-state index contributed by atoms with van der Waals surface area (Å²) in [6, 6.07) is 10.5. The Morgan fingerprint density at radius 2 is 1.81 bits per heavy atom. The Morgan fingerprint density at radius 3 is 2.56 bits per heavy atom. The molecule has 0 saturated carbocycles. The van der Waals surface area contributed by atoms with Crippen molar-refractivity contribution in [2.24, 2.45) is 0 Å². The summed E-state index contributed by atoms with van der Waals surface area (Å²) in [5, 5.41) is 2.13. The molecule has 1 aromatic carbocycles. The third-order valence-electron chi connectivity index (χ3n) is 6.44. The van der Waals surface area contributed by atoms with Gasteiger partial charge in [0.15, 0.2) is 0 Å². The molecule has 1 aliphatic rings. The summed E-state index contributed by atoms with van der Waals surface area (Å²) in [6.45, 7) is 7.92. The zero-order valence-electron chi connectivity index (χ0n) is 19.9. The van der Waals surface area contributed by atoms with Crippen molar-refractivity contribution in [1.29, 1.82) is 0 Å². The summed E-state index contributed by atoms with van der Waals surface area (Å²) in [5.41, 5.74) is 3.63. The standard InChI is InChI=1S/C27H38N2O2S/c1-4-6-7-8-9-14-25(30)28(17-5-2)20-26(31)29-18-15-24-23(16-19-32-24)27(29)22-13-11-10-12-21(22)3/h10-13,16,19,27H,4-9,14-15,17-18,20H2,1-3H3. The minimum Gasteiger partial charge on any atom is -0.333 e. The van der Waals surface area contributed by atoms with Crippen molar-refractivity contribution in [3.05, 3.63) is 57.3 Å². The molecule has 0 fully saturated rings. The van der Waals surface area contributed by atoms with E-state index in [0.717, 1.165) is 25.7 Å². The summed E-state index contributed by atoms with van der Waals surface area (Å²) in [6.07, 6.45) is 7.93. The molecular formula is C27H38N2O2S. The van der Waals surface area contributed by atoms with Crippen LogP contribution in [-0.2, 0) is 16.0 Å². The Bertz CT molecular complexity index is 891. The molecule has 0 bridgehead atoms. The van der Waals surface area contributed by atoms with Crippen LogP contribution in [0.2, 0.25) is 0 Å². The quantitative estimate of drug-likeness (QED) is 0.383. The van der Waals surface area contributed by atoms with Gasteiger partial charge in [0.05, 0.1) is 12.6 Å². The highest BCUT2D eigenvalue weighted by Crippen LogP contribution is 2.39. The van der Waals surface area contributed by atoms with Gasteiger partial charge in [0.2, 0.25) is 11.8 Å². The van der Waals surface area contributed by atoms with Crippen LogP contribution >= 0.6 is 11.3 Å². The second kappa shape index (κ2) is 12.2. The average Bonchev–Trinajstić information content (AvgIpc) is 3.27. The Labute approximate surface area is 197 Å². The number of amides is 2. The molecule has 2 aromatic rings. The van der Waals surface area contributed by atoms with E-state index in [-0.39, 0.29) is 24.4 Å². The highest BCUT2D eigenvalue weighted by molar-refractivity contribution is 7.10. The van der Waals surface area contributed by atoms with Gasteiger partial charge in [-0.1, -0.05) is 63.8 Å². The van der Waals surface area contributed by atoms with E-state index in [1.807, 2.05) is 11.0 Å². The molecule has 5 heteroatoms. The predicted molar refractivity (Wildman–Crippen MR) is 133 cm³/mol. The lowest BCUT2D eigenvalue weighted by Crippen LogP contribution is -2.47. The summed E-state index contributed by atoms with van der Waals surface area (Å²) >= 11 is 1.78. The Hall–Kier alpha value is -2.14. The third-order valence-corrected chi connectivity index (χ3v) is 7.43. The lowest BCUT2D eigenvalue weighted by Gasteiger charge is -2.38. The van der Waals surface area contributed by atoms with Gasteiger partial charge in [-0.2, -0.15) is 0 Å². The number of carbonyl (C=O) groups is 2. The van der Waals surface area contributed by atoms with E-state index in [1.54, 1.807) is 16.2 Å². The number of hydrogen-bond acceptors (Lipinski definition) is 3. The number of rotatable bonds is 11. The molecule has 2 heterocycles. The summed E-state index contributed by atoms with van der Waals surface area (Å²) < 4.78 is 0. The number of benzene rings is 1. The normalized spacial score (nSPS) is 15.5.